The van der Waals surface area contributed by atoms with Crippen LogP contribution < -0.4 is 43.8 Å². The fourth-order valence-electron chi connectivity index (χ4n) is 4.65. The minimum Gasteiger partial charge on any atom is -0.508 e. The number of nitrogens with two attached hydrogens (primary N) is 3. The molecule has 0 unspecified atom stereocenters. The molecule has 5 atom stereocenters. The van der Waals surface area contributed by atoms with Crippen LogP contribution in [-0.4, -0.2) is 94.3 Å². The highest BCUT2D eigenvalue weighted by Crippen LogP contribution is 2.13. The van der Waals surface area contributed by atoms with E-state index in [4.69, 9.17) is 17.2 Å². The van der Waals surface area contributed by atoms with E-state index < -0.39 is 71.7 Å². The molecule has 2 rings (SSSR count). The first-order valence-corrected chi connectivity index (χ1v) is 16.3. The highest BCUT2D eigenvalue weighted by atomic mass is 32.1. The largest absolute Gasteiger partial charge is 0.508 e. The van der Waals surface area contributed by atoms with Crippen LogP contribution in [-0.2, 0) is 41.6 Å². The topological polar surface area (TPSA) is 298 Å². The van der Waals surface area contributed by atoms with E-state index in [1.165, 1.54) is 24.3 Å². The van der Waals surface area contributed by atoms with E-state index in [-0.39, 0.29) is 56.6 Å². The molecule has 0 saturated carbocycles. The van der Waals surface area contributed by atoms with Gasteiger partial charge in [0, 0.05) is 31.6 Å². The Hall–Kier alpha value is -5.36. The van der Waals surface area contributed by atoms with E-state index in [1.807, 2.05) is 0 Å². The van der Waals surface area contributed by atoms with Crippen molar-refractivity contribution in [1.29, 1.82) is 0 Å². The van der Waals surface area contributed by atoms with Crippen molar-refractivity contribution in [3.8, 4) is 5.75 Å². The number of carboxylic acids is 1. The van der Waals surface area contributed by atoms with Crippen molar-refractivity contribution in [3.05, 3.63) is 65.7 Å². The van der Waals surface area contributed by atoms with Crippen LogP contribution in [0.4, 0.5) is 4.79 Å². The Bertz CT molecular complexity index is 1480. The summed E-state index contributed by atoms with van der Waals surface area (Å²) in [5.41, 5.74) is 17.3. The van der Waals surface area contributed by atoms with Crippen LogP contribution in [0.1, 0.15) is 36.8 Å². The van der Waals surface area contributed by atoms with Crippen molar-refractivity contribution in [2.45, 2.75) is 68.7 Å². The number of thiol groups is 1. The normalized spacial score (nSPS) is 13.7. The number of urea groups is 1. The molecule has 0 aromatic heterocycles. The second-order valence-corrected chi connectivity index (χ2v) is 11.7. The summed E-state index contributed by atoms with van der Waals surface area (Å²) in [6.45, 7) is 0.0643. The molecule has 272 valence electrons. The molecular weight excluding hydrogens is 672 g/mol. The minimum absolute atomic E-state index is 0.0226. The van der Waals surface area contributed by atoms with E-state index in [1.54, 1.807) is 30.3 Å². The Morgan fingerprint density at radius 3 is 1.74 bits per heavy atom. The van der Waals surface area contributed by atoms with Gasteiger partial charge in [0.15, 0.2) is 0 Å². The maximum atomic E-state index is 13.7. The van der Waals surface area contributed by atoms with Crippen molar-refractivity contribution < 1.29 is 43.8 Å². The van der Waals surface area contributed by atoms with E-state index in [2.05, 4.69) is 39.2 Å². The standard InChI is InChI=1S/C32H44N8O9S/c33-21(17-50)27(43)37-22(7-4-14-36-32(35)49)28(44)38-23(12-13-26(34)42)29(45)39-24(15-19-8-10-20(41)11-9-19)30(46)40-25(31(47)48)16-18-5-2-1-3-6-18/h1-3,5-6,8-11,21-25,41,50H,4,7,12-17,33H2,(H2,34,42)(H,37,43)(H,38,44)(H,39,45)(H,40,46)(H,47,48)(H3,35,36,49)/t21-,22-,23-,24-,25-/m0/s1. The number of carboxylic acid groups (broad SMARTS) is 1. The van der Waals surface area contributed by atoms with Crippen LogP contribution >= 0.6 is 12.6 Å². The lowest BCUT2D eigenvalue weighted by molar-refractivity contribution is -0.142. The summed E-state index contributed by atoms with van der Waals surface area (Å²) in [6.07, 6.45) is -0.706. The number of aliphatic carboxylic acids is 1. The summed E-state index contributed by atoms with van der Waals surface area (Å²) >= 11 is 3.99. The van der Waals surface area contributed by atoms with Gasteiger partial charge in [-0.25, -0.2) is 9.59 Å². The first-order valence-electron chi connectivity index (χ1n) is 15.6. The van der Waals surface area contributed by atoms with E-state index in [0.717, 1.165) is 0 Å². The molecule has 50 heavy (non-hydrogen) atoms. The average Bonchev–Trinajstić information content (AvgIpc) is 3.07. The average molecular weight is 717 g/mol. The van der Waals surface area contributed by atoms with Gasteiger partial charge in [0.1, 0.15) is 29.9 Å². The third kappa shape index (κ3) is 14.8. The van der Waals surface area contributed by atoms with Gasteiger partial charge in [-0.3, -0.25) is 24.0 Å². The summed E-state index contributed by atoms with van der Waals surface area (Å²) in [5, 5.41) is 31.9. The number of rotatable bonds is 21. The van der Waals surface area contributed by atoms with E-state index in [9.17, 15) is 43.8 Å². The third-order valence-corrected chi connectivity index (χ3v) is 7.75. The van der Waals surface area contributed by atoms with Crippen molar-refractivity contribution in [2.75, 3.05) is 12.3 Å². The number of phenols is 1. The van der Waals surface area contributed by atoms with Gasteiger partial charge in [-0.1, -0.05) is 42.5 Å². The van der Waals surface area contributed by atoms with Gasteiger partial charge in [-0.2, -0.15) is 12.6 Å². The second kappa shape index (κ2) is 20.9. The highest BCUT2D eigenvalue weighted by molar-refractivity contribution is 7.80. The Morgan fingerprint density at radius 2 is 1.18 bits per heavy atom. The summed E-state index contributed by atoms with van der Waals surface area (Å²) < 4.78 is 0. The molecule has 0 spiro atoms. The summed E-state index contributed by atoms with van der Waals surface area (Å²) in [6, 6.07) is 6.98. The number of primary amides is 2. The van der Waals surface area contributed by atoms with Crippen molar-refractivity contribution in [1.82, 2.24) is 26.6 Å². The maximum absolute atomic E-state index is 13.7. The molecule has 0 aliphatic rings. The van der Waals surface area contributed by atoms with Crippen LogP contribution in [0, 0.1) is 0 Å². The minimum atomic E-state index is -1.45. The molecule has 0 heterocycles. The molecule has 0 fully saturated rings. The van der Waals surface area contributed by atoms with Gasteiger partial charge < -0.3 is 54.0 Å². The van der Waals surface area contributed by atoms with E-state index in [0.29, 0.717) is 11.1 Å². The number of amides is 7. The number of benzene rings is 2. The lowest BCUT2D eigenvalue weighted by Crippen LogP contribution is -2.59. The van der Waals surface area contributed by atoms with Crippen molar-refractivity contribution in [3.63, 3.8) is 0 Å². The summed E-state index contributed by atoms with van der Waals surface area (Å²) in [5.74, 6) is -5.53. The fourth-order valence-corrected chi connectivity index (χ4v) is 4.81. The molecule has 2 aromatic rings. The van der Waals surface area contributed by atoms with Gasteiger partial charge in [0.2, 0.25) is 29.5 Å². The Morgan fingerprint density at radius 1 is 0.680 bits per heavy atom. The molecule has 7 amide bonds. The molecule has 0 aliphatic heterocycles. The highest BCUT2D eigenvalue weighted by Gasteiger charge is 2.32. The number of aromatic hydroxyl groups is 1. The monoisotopic (exact) mass is 716 g/mol. The van der Waals surface area contributed by atoms with Crippen LogP contribution in [0.3, 0.4) is 0 Å². The molecule has 17 nitrogen and oxygen atoms in total. The zero-order chi connectivity index (χ0) is 37.2. The summed E-state index contributed by atoms with van der Waals surface area (Å²) in [4.78, 5) is 88.1. The van der Waals surface area contributed by atoms with Crippen LogP contribution in [0.2, 0.25) is 0 Å². The first kappa shape index (κ1) is 40.8. The molecular formula is C32H44N8O9S. The zero-order valence-electron chi connectivity index (χ0n) is 27.2. The molecule has 13 N–H and O–H groups in total. The third-order valence-electron chi connectivity index (χ3n) is 7.35. The fraction of sp³-hybridized carbons (Fsp3) is 0.406. The van der Waals surface area contributed by atoms with Gasteiger partial charge in [0.25, 0.3) is 0 Å². The quantitative estimate of drug-likeness (QED) is 0.0507. The number of hydrogen-bond donors (Lipinski definition) is 11. The van der Waals surface area contributed by atoms with Gasteiger partial charge in [-0.05, 0) is 42.5 Å². The molecule has 0 bridgehead atoms. The molecule has 0 saturated heterocycles. The smallest absolute Gasteiger partial charge is 0.326 e. The second-order valence-electron chi connectivity index (χ2n) is 11.4. The van der Waals surface area contributed by atoms with Crippen LogP contribution in [0.15, 0.2) is 54.6 Å². The lowest BCUT2D eigenvalue weighted by Gasteiger charge is -2.26. The molecule has 18 heteroatoms. The van der Waals surface area contributed by atoms with E-state index >= 15 is 0 Å². The zero-order valence-corrected chi connectivity index (χ0v) is 28.1. The SMILES string of the molecule is NC(=O)CC[C@H](NC(=O)[C@H](CCCNC(N)=O)NC(=O)[C@@H](N)CS)C(=O)N[C@@H](Cc1ccc(O)cc1)C(=O)N[C@@H](Cc1ccccc1)C(=O)O. The van der Waals surface area contributed by atoms with Gasteiger partial charge in [-0.15, -0.1) is 0 Å². The van der Waals surface area contributed by atoms with Gasteiger partial charge in [0.05, 0.1) is 6.04 Å². The van der Waals surface area contributed by atoms with Crippen molar-refractivity contribution in [2.24, 2.45) is 17.2 Å². The number of phenolic OH excluding ortho intramolecular Hbond substituents is 1. The molecule has 2 aromatic carbocycles. The lowest BCUT2D eigenvalue weighted by atomic mass is 10.0. The Labute approximate surface area is 293 Å². The first-order chi connectivity index (χ1) is 23.7. The van der Waals surface area contributed by atoms with Gasteiger partial charge >= 0.3 is 12.0 Å². The number of carbonyl (C=O) groups excluding carboxylic acids is 6. The summed E-state index contributed by atoms with van der Waals surface area (Å²) in [7, 11) is 0. The molecule has 0 aliphatic carbocycles. The van der Waals surface area contributed by atoms with Crippen molar-refractivity contribution >= 4 is 54.2 Å². The predicted octanol–water partition coefficient (Wildman–Crippen LogP) is -1.83. The number of hydrogen-bond acceptors (Lipinski definition) is 10. The Kier molecular flexibility index (Phi) is 17.0. The van der Waals surface area contributed by atoms with Crippen LogP contribution in [0.5, 0.6) is 5.75 Å². The Balaban J connectivity index is 2.34. The maximum Gasteiger partial charge on any atom is 0.326 e. The molecule has 0 radical (unpaired) electrons. The number of carbonyl (C=O) groups is 7. The van der Waals surface area contributed by atoms with Crippen LogP contribution in [0.25, 0.3) is 0 Å². The number of nitrogens with one attached hydrogen (secondary N) is 5. The predicted molar refractivity (Wildman–Crippen MR) is 184 cm³/mol.